The Balaban J connectivity index is 1.68. The fraction of sp³-hybridized carbons (Fsp3) is 0.292. The molecule has 7 nitrogen and oxygen atoms in total. The lowest BCUT2D eigenvalue weighted by Crippen LogP contribution is -2.54. The first-order valence-electron chi connectivity index (χ1n) is 10.7. The minimum absolute atomic E-state index is 0.00584. The molecule has 1 aliphatic heterocycles. The Morgan fingerprint density at radius 2 is 2.03 bits per heavy atom. The maximum atomic E-state index is 14.5. The molecule has 4 rings (SSSR count). The Bertz CT molecular complexity index is 1230. The minimum Gasteiger partial charge on any atom is -0.496 e. The average Bonchev–Trinajstić information content (AvgIpc) is 2.82. The summed E-state index contributed by atoms with van der Waals surface area (Å²) in [5.41, 5.74) is 1.06. The van der Waals surface area contributed by atoms with Crippen LogP contribution in [0.3, 0.4) is 0 Å². The van der Waals surface area contributed by atoms with Crippen LogP contribution in [-0.2, 0) is 0 Å². The van der Waals surface area contributed by atoms with Gasteiger partial charge in [-0.2, -0.15) is 0 Å². The summed E-state index contributed by atoms with van der Waals surface area (Å²) < 4.78 is 34.5. The highest BCUT2D eigenvalue weighted by Gasteiger charge is 2.26. The molecule has 3 aromatic rings. The molecule has 0 aliphatic carbocycles. The monoisotopic (exact) mass is 531 g/mol. The van der Waals surface area contributed by atoms with Crippen LogP contribution in [0.25, 0.3) is 11.4 Å². The van der Waals surface area contributed by atoms with E-state index in [0.717, 1.165) is 6.54 Å². The zero-order valence-electron chi connectivity index (χ0n) is 18.9. The summed E-state index contributed by atoms with van der Waals surface area (Å²) >= 11 is 3.25. The van der Waals surface area contributed by atoms with Crippen molar-refractivity contribution in [3.05, 3.63) is 64.4 Å². The molecular formula is C24H24BrF2N5O2. The number of hydrogen-bond acceptors (Lipinski definition) is 6. The first-order valence-corrected chi connectivity index (χ1v) is 11.5. The van der Waals surface area contributed by atoms with Gasteiger partial charge < -0.3 is 20.3 Å². The third-order valence-corrected chi connectivity index (χ3v) is 6.28. The molecular weight excluding hydrogens is 508 g/mol. The van der Waals surface area contributed by atoms with Crippen molar-refractivity contribution in [3.63, 3.8) is 0 Å². The molecule has 1 aliphatic rings. The van der Waals surface area contributed by atoms with Gasteiger partial charge in [0.2, 0.25) is 0 Å². The number of carbonyl (C=O) groups is 1. The molecule has 178 valence electrons. The third-order valence-electron chi connectivity index (χ3n) is 5.67. The topological polar surface area (TPSA) is 79.4 Å². The Morgan fingerprint density at radius 3 is 2.79 bits per heavy atom. The van der Waals surface area contributed by atoms with Crippen molar-refractivity contribution in [1.82, 2.24) is 15.3 Å². The van der Waals surface area contributed by atoms with Crippen LogP contribution in [0.15, 0.2) is 47.1 Å². The zero-order chi connectivity index (χ0) is 24.4. The van der Waals surface area contributed by atoms with E-state index in [1.807, 2.05) is 0 Å². The predicted molar refractivity (Wildman–Crippen MR) is 130 cm³/mol. The first kappa shape index (κ1) is 24.0. The van der Waals surface area contributed by atoms with E-state index in [1.165, 1.54) is 37.6 Å². The summed E-state index contributed by atoms with van der Waals surface area (Å²) in [6.07, 6.45) is 1.37. The van der Waals surface area contributed by atoms with Crippen LogP contribution in [-0.4, -0.2) is 48.2 Å². The number of anilines is 2. The summed E-state index contributed by atoms with van der Waals surface area (Å²) in [5.74, 6) is -1.39. The van der Waals surface area contributed by atoms with Crippen LogP contribution in [0.1, 0.15) is 24.3 Å². The number of benzene rings is 2. The normalized spacial score (nSPS) is 18.0. The molecule has 0 saturated carbocycles. The van der Waals surface area contributed by atoms with Crippen LogP contribution in [0.5, 0.6) is 5.75 Å². The molecule has 0 radical (unpaired) electrons. The van der Waals surface area contributed by atoms with Gasteiger partial charge in [-0.1, -0.05) is 6.07 Å². The number of piperazine rings is 1. The summed E-state index contributed by atoms with van der Waals surface area (Å²) in [6.45, 7) is 5.56. The lowest BCUT2D eigenvalue weighted by molar-refractivity contribution is 0.102. The molecule has 34 heavy (non-hydrogen) atoms. The highest BCUT2D eigenvalue weighted by atomic mass is 79.9. The van der Waals surface area contributed by atoms with E-state index in [0.29, 0.717) is 22.4 Å². The molecule has 0 unspecified atom stereocenters. The Labute approximate surface area is 204 Å². The summed E-state index contributed by atoms with van der Waals surface area (Å²) in [7, 11) is 1.41. The smallest absolute Gasteiger partial charge is 0.274 e. The second kappa shape index (κ2) is 10.0. The van der Waals surface area contributed by atoms with Crippen LogP contribution in [0.4, 0.5) is 20.2 Å². The average molecular weight is 532 g/mol. The quantitative estimate of drug-likeness (QED) is 0.499. The molecule has 1 aromatic heterocycles. The number of nitrogens with zero attached hydrogens (tertiary/aromatic N) is 3. The Hall–Kier alpha value is -3.11. The molecule has 1 amide bonds. The second-order valence-corrected chi connectivity index (χ2v) is 8.99. The summed E-state index contributed by atoms with van der Waals surface area (Å²) in [6, 6.07) is 9.06. The van der Waals surface area contributed by atoms with Crippen LogP contribution in [0, 0.1) is 11.6 Å². The molecule has 2 N–H and O–H groups in total. The highest BCUT2D eigenvalue weighted by Crippen LogP contribution is 2.34. The van der Waals surface area contributed by atoms with Gasteiger partial charge >= 0.3 is 0 Å². The van der Waals surface area contributed by atoms with Crippen molar-refractivity contribution >= 4 is 33.2 Å². The number of amides is 1. The molecule has 0 bridgehead atoms. The SMILES string of the molecule is COc1cccc(F)c1-c1nccc(C(=O)Nc2cc(F)c(Br)cc2N2C[C@H](C)NC[C@@H]2C)n1. The van der Waals surface area contributed by atoms with Gasteiger partial charge in [-0.3, -0.25) is 4.79 Å². The summed E-state index contributed by atoms with van der Waals surface area (Å²) in [4.78, 5) is 23.6. The number of halogens is 3. The number of aromatic nitrogens is 2. The molecule has 2 heterocycles. The van der Waals surface area contributed by atoms with Crippen LogP contribution < -0.4 is 20.3 Å². The lowest BCUT2D eigenvalue weighted by atomic mass is 10.1. The number of nitrogens with one attached hydrogen (secondary N) is 2. The second-order valence-electron chi connectivity index (χ2n) is 8.13. The van der Waals surface area contributed by atoms with Crippen molar-refractivity contribution in [2.24, 2.45) is 0 Å². The molecule has 10 heteroatoms. The van der Waals surface area contributed by atoms with Crippen LogP contribution in [0.2, 0.25) is 0 Å². The number of methoxy groups -OCH3 is 1. The van der Waals surface area contributed by atoms with Gasteiger partial charge in [-0.05, 0) is 54.0 Å². The largest absolute Gasteiger partial charge is 0.496 e. The van der Waals surface area contributed by atoms with Crippen molar-refractivity contribution in [1.29, 1.82) is 0 Å². The van der Waals surface area contributed by atoms with E-state index >= 15 is 0 Å². The maximum Gasteiger partial charge on any atom is 0.274 e. The fourth-order valence-corrected chi connectivity index (χ4v) is 4.25. The maximum absolute atomic E-state index is 14.5. The van der Waals surface area contributed by atoms with Crippen molar-refractivity contribution in [2.75, 3.05) is 30.4 Å². The van der Waals surface area contributed by atoms with Crippen molar-refractivity contribution in [3.8, 4) is 17.1 Å². The van der Waals surface area contributed by atoms with E-state index in [-0.39, 0.29) is 34.9 Å². The van der Waals surface area contributed by atoms with E-state index in [9.17, 15) is 13.6 Å². The number of ether oxygens (including phenoxy) is 1. The van der Waals surface area contributed by atoms with Crippen molar-refractivity contribution in [2.45, 2.75) is 25.9 Å². The standard InChI is InChI=1S/C24H24BrF2N5O2/c1-13-12-32(14(2)11-29-13)20-9-15(25)17(27)10-19(20)31-24(33)18-7-8-28-23(30-18)22-16(26)5-4-6-21(22)34-3/h4-10,13-14,29H,11-12H2,1-3H3,(H,31,33)/t13-,14-/m0/s1. The van der Waals surface area contributed by atoms with Gasteiger partial charge in [0, 0.05) is 37.4 Å². The van der Waals surface area contributed by atoms with E-state index in [4.69, 9.17) is 4.74 Å². The van der Waals surface area contributed by atoms with Gasteiger partial charge in [0.15, 0.2) is 5.82 Å². The number of rotatable bonds is 5. The van der Waals surface area contributed by atoms with E-state index < -0.39 is 17.5 Å². The van der Waals surface area contributed by atoms with Gasteiger partial charge in [-0.15, -0.1) is 0 Å². The Morgan fingerprint density at radius 1 is 1.24 bits per heavy atom. The van der Waals surface area contributed by atoms with E-state index in [2.05, 4.69) is 55.3 Å². The van der Waals surface area contributed by atoms with Gasteiger partial charge in [0.05, 0.1) is 28.5 Å². The molecule has 1 fully saturated rings. The van der Waals surface area contributed by atoms with E-state index in [1.54, 1.807) is 12.1 Å². The summed E-state index contributed by atoms with van der Waals surface area (Å²) in [5, 5.41) is 6.18. The van der Waals surface area contributed by atoms with Gasteiger partial charge in [-0.25, -0.2) is 18.7 Å². The van der Waals surface area contributed by atoms with Gasteiger partial charge in [0.1, 0.15) is 23.1 Å². The first-order chi connectivity index (χ1) is 16.3. The molecule has 2 atom stereocenters. The zero-order valence-corrected chi connectivity index (χ0v) is 20.5. The van der Waals surface area contributed by atoms with Gasteiger partial charge in [0.25, 0.3) is 5.91 Å². The predicted octanol–water partition coefficient (Wildman–Crippen LogP) is 4.63. The van der Waals surface area contributed by atoms with Crippen molar-refractivity contribution < 1.29 is 18.3 Å². The highest BCUT2D eigenvalue weighted by molar-refractivity contribution is 9.10. The van der Waals surface area contributed by atoms with Crippen LogP contribution >= 0.6 is 15.9 Å². The lowest BCUT2D eigenvalue weighted by Gasteiger charge is -2.40. The Kier molecular flexibility index (Phi) is 7.08. The fourth-order valence-electron chi connectivity index (χ4n) is 3.91. The number of hydrogen-bond donors (Lipinski definition) is 2. The molecule has 2 aromatic carbocycles. The molecule has 0 spiro atoms. The third kappa shape index (κ3) is 4.88. The number of carbonyl (C=O) groups excluding carboxylic acids is 1. The minimum atomic E-state index is -0.573. The molecule has 1 saturated heterocycles.